The van der Waals surface area contributed by atoms with Crippen LogP contribution in [0, 0.1) is 0 Å². The van der Waals surface area contributed by atoms with Gasteiger partial charge in [0.25, 0.3) is 0 Å². The molecule has 24 heavy (non-hydrogen) atoms. The van der Waals surface area contributed by atoms with Crippen molar-refractivity contribution in [3.8, 4) is 5.75 Å². The summed E-state index contributed by atoms with van der Waals surface area (Å²) in [5, 5.41) is 10.8. The second-order valence-electron chi connectivity index (χ2n) is 4.58. The predicted octanol–water partition coefficient (Wildman–Crippen LogP) is 2.58. The van der Waals surface area contributed by atoms with Gasteiger partial charge in [-0.25, -0.2) is 9.78 Å². The molecule has 1 heterocycles. The average Bonchev–Trinajstić information content (AvgIpc) is 2.95. The van der Waals surface area contributed by atoms with Crippen LogP contribution in [0.3, 0.4) is 0 Å². The zero-order valence-corrected chi connectivity index (χ0v) is 12.2. The summed E-state index contributed by atoms with van der Waals surface area (Å²) in [6.07, 6.45) is -4.40. The molecule has 0 bridgehead atoms. The Morgan fingerprint density at radius 3 is 2.62 bits per heavy atom. The third-order valence-corrected chi connectivity index (χ3v) is 2.94. The van der Waals surface area contributed by atoms with E-state index >= 15 is 0 Å². The molecule has 0 aliphatic rings. The van der Waals surface area contributed by atoms with Crippen molar-refractivity contribution in [2.45, 2.75) is 12.6 Å². The van der Waals surface area contributed by atoms with Crippen molar-refractivity contribution < 1.29 is 37.0 Å². The van der Waals surface area contributed by atoms with E-state index in [-0.39, 0.29) is 11.3 Å². The maximum atomic E-state index is 13.1. The SMILES string of the molecule is COc1ccc(CC(=O)Nc2ncc(C(=O)O)o2)c(C(F)(F)F)c1. The Kier molecular flexibility index (Phi) is 4.77. The molecule has 128 valence electrons. The van der Waals surface area contributed by atoms with Crippen molar-refractivity contribution in [3.63, 3.8) is 0 Å². The van der Waals surface area contributed by atoms with Gasteiger partial charge in [-0.3, -0.25) is 10.1 Å². The molecular weight excluding hydrogens is 333 g/mol. The molecule has 10 heteroatoms. The summed E-state index contributed by atoms with van der Waals surface area (Å²) >= 11 is 0. The van der Waals surface area contributed by atoms with Gasteiger partial charge in [-0.05, 0) is 17.7 Å². The number of hydrogen-bond acceptors (Lipinski definition) is 5. The summed E-state index contributed by atoms with van der Waals surface area (Å²) in [5.74, 6) is -2.74. The molecule has 0 aliphatic heterocycles. The zero-order chi connectivity index (χ0) is 17.9. The number of nitrogens with zero attached hydrogens (tertiary/aromatic N) is 1. The maximum Gasteiger partial charge on any atom is 0.416 e. The van der Waals surface area contributed by atoms with E-state index in [4.69, 9.17) is 14.3 Å². The van der Waals surface area contributed by atoms with Crippen molar-refractivity contribution in [2.24, 2.45) is 0 Å². The molecule has 0 atom stereocenters. The van der Waals surface area contributed by atoms with Gasteiger partial charge in [0.2, 0.25) is 11.7 Å². The minimum Gasteiger partial charge on any atom is -0.497 e. The van der Waals surface area contributed by atoms with Crippen molar-refractivity contribution >= 4 is 17.9 Å². The van der Waals surface area contributed by atoms with Gasteiger partial charge >= 0.3 is 18.2 Å². The summed E-state index contributed by atoms with van der Waals surface area (Å²) in [5.41, 5.74) is -1.28. The van der Waals surface area contributed by atoms with E-state index in [1.54, 1.807) is 0 Å². The first-order chi connectivity index (χ1) is 11.2. The van der Waals surface area contributed by atoms with Crippen molar-refractivity contribution in [2.75, 3.05) is 12.4 Å². The lowest BCUT2D eigenvalue weighted by Crippen LogP contribution is -2.18. The Morgan fingerprint density at radius 1 is 1.38 bits per heavy atom. The number of anilines is 1. The molecule has 1 amide bonds. The standard InChI is InChI=1S/C14H11F3N2O5/c1-23-8-3-2-7(9(5-8)14(15,16)17)4-11(20)19-13-18-6-10(24-13)12(21)22/h2-3,5-6H,4H2,1H3,(H,21,22)(H,18,19,20). The molecule has 7 nitrogen and oxygen atoms in total. The third-order valence-electron chi connectivity index (χ3n) is 2.94. The lowest BCUT2D eigenvalue weighted by Gasteiger charge is -2.13. The Balaban J connectivity index is 2.17. The number of halogens is 3. The van der Waals surface area contributed by atoms with Crippen molar-refractivity contribution in [1.29, 1.82) is 0 Å². The maximum absolute atomic E-state index is 13.1. The van der Waals surface area contributed by atoms with E-state index < -0.39 is 41.8 Å². The van der Waals surface area contributed by atoms with Gasteiger partial charge in [-0.1, -0.05) is 6.07 Å². The molecule has 0 fully saturated rings. The number of aromatic carboxylic acids is 1. The predicted molar refractivity (Wildman–Crippen MR) is 73.8 cm³/mol. The third kappa shape index (κ3) is 4.03. The van der Waals surface area contributed by atoms with Crippen molar-refractivity contribution in [3.05, 3.63) is 41.3 Å². The number of amides is 1. The molecule has 0 spiro atoms. The van der Waals surface area contributed by atoms with E-state index in [1.165, 1.54) is 13.2 Å². The highest BCUT2D eigenvalue weighted by atomic mass is 19.4. The second kappa shape index (κ2) is 6.60. The number of methoxy groups -OCH3 is 1. The Bertz CT molecular complexity index is 770. The second-order valence-corrected chi connectivity index (χ2v) is 4.58. The molecule has 0 saturated carbocycles. The largest absolute Gasteiger partial charge is 0.497 e. The highest BCUT2D eigenvalue weighted by Crippen LogP contribution is 2.34. The Hall–Kier alpha value is -3.04. The number of rotatable bonds is 5. The number of hydrogen-bond donors (Lipinski definition) is 2. The lowest BCUT2D eigenvalue weighted by molar-refractivity contribution is -0.138. The quantitative estimate of drug-likeness (QED) is 0.864. The minimum absolute atomic E-state index is 0.00489. The molecule has 0 radical (unpaired) electrons. The number of alkyl halides is 3. The fourth-order valence-corrected chi connectivity index (χ4v) is 1.87. The average molecular weight is 344 g/mol. The number of aromatic nitrogens is 1. The first kappa shape index (κ1) is 17.3. The van der Waals surface area contributed by atoms with E-state index in [1.807, 2.05) is 0 Å². The van der Waals surface area contributed by atoms with Crippen LogP contribution in [0.2, 0.25) is 0 Å². The molecule has 2 N–H and O–H groups in total. The molecule has 1 aromatic carbocycles. The monoisotopic (exact) mass is 344 g/mol. The van der Waals surface area contributed by atoms with Crippen LogP contribution in [-0.2, 0) is 17.4 Å². The van der Waals surface area contributed by atoms with Gasteiger partial charge in [0.05, 0.1) is 25.3 Å². The molecule has 2 aromatic rings. The van der Waals surface area contributed by atoms with E-state index in [0.717, 1.165) is 18.3 Å². The van der Waals surface area contributed by atoms with Crippen molar-refractivity contribution in [1.82, 2.24) is 4.98 Å². The number of nitrogens with one attached hydrogen (secondary N) is 1. The summed E-state index contributed by atoms with van der Waals surface area (Å²) in [4.78, 5) is 26.0. The van der Waals surface area contributed by atoms with Gasteiger partial charge in [0.15, 0.2) is 0 Å². The fourth-order valence-electron chi connectivity index (χ4n) is 1.87. The van der Waals surface area contributed by atoms with Crippen LogP contribution in [0.5, 0.6) is 5.75 Å². The highest BCUT2D eigenvalue weighted by molar-refractivity contribution is 5.91. The van der Waals surface area contributed by atoms with E-state index in [0.29, 0.717) is 0 Å². The molecule has 2 rings (SSSR count). The number of ether oxygens (including phenoxy) is 1. The van der Waals surface area contributed by atoms with Crippen LogP contribution in [0.4, 0.5) is 19.2 Å². The number of benzene rings is 1. The number of carboxylic acid groups (broad SMARTS) is 1. The van der Waals surface area contributed by atoms with Crippen LogP contribution in [-0.4, -0.2) is 29.1 Å². The Labute approximate surface area is 133 Å². The van der Waals surface area contributed by atoms with Crippen LogP contribution in [0.1, 0.15) is 21.7 Å². The van der Waals surface area contributed by atoms with Crippen LogP contribution >= 0.6 is 0 Å². The van der Waals surface area contributed by atoms with E-state index in [9.17, 15) is 22.8 Å². The van der Waals surface area contributed by atoms with Crippen LogP contribution < -0.4 is 10.1 Å². The summed E-state index contributed by atoms with van der Waals surface area (Å²) in [6, 6.07) is 2.79. The van der Waals surface area contributed by atoms with Gasteiger partial charge < -0.3 is 14.3 Å². The van der Waals surface area contributed by atoms with Gasteiger partial charge in [-0.15, -0.1) is 0 Å². The number of carbonyl (C=O) groups excluding carboxylic acids is 1. The summed E-state index contributed by atoms with van der Waals surface area (Å²) < 4.78 is 48.6. The molecule has 1 aromatic heterocycles. The number of carboxylic acids is 1. The fraction of sp³-hybridized carbons (Fsp3) is 0.214. The van der Waals surface area contributed by atoms with Gasteiger partial charge in [-0.2, -0.15) is 13.2 Å². The smallest absolute Gasteiger partial charge is 0.416 e. The summed E-state index contributed by atoms with van der Waals surface area (Å²) in [6.45, 7) is 0. The normalized spacial score (nSPS) is 11.2. The van der Waals surface area contributed by atoms with Crippen LogP contribution in [0.15, 0.2) is 28.8 Å². The number of carbonyl (C=O) groups is 2. The first-order valence-corrected chi connectivity index (χ1v) is 6.44. The van der Waals surface area contributed by atoms with Crippen LogP contribution in [0.25, 0.3) is 0 Å². The zero-order valence-electron chi connectivity index (χ0n) is 12.2. The topological polar surface area (TPSA) is 102 Å². The number of oxazole rings is 1. The van der Waals surface area contributed by atoms with E-state index in [2.05, 4.69) is 10.3 Å². The Morgan fingerprint density at radius 2 is 2.08 bits per heavy atom. The molecule has 0 aliphatic carbocycles. The minimum atomic E-state index is -4.66. The summed E-state index contributed by atoms with van der Waals surface area (Å²) in [7, 11) is 1.23. The first-order valence-electron chi connectivity index (χ1n) is 6.44. The molecule has 0 saturated heterocycles. The van der Waals surface area contributed by atoms with Gasteiger partial charge in [0, 0.05) is 0 Å². The highest BCUT2D eigenvalue weighted by Gasteiger charge is 2.34. The van der Waals surface area contributed by atoms with Gasteiger partial charge in [0.1, 0.15) is 5.75 Å². The molecule has 0 unspecified atom stereocenters. The molecular formula is C14H11F3N2O5. The lowest BCUT2D eigenvalue weighted by atomic mass is 10.0.